The summed E-state index contributed by atoms with van der Waals surface area (Å²) in [5.74, 6) is -0.984. The van der Waals surface area contributed by atoms with Gasteiger partial charge in [0.15, 0.2) is 0 Å². The monoisotopic (exact) mass is 217 g/mol. The minimum absolute atomic E-state index is 0.163. The van der Waals surface area contributed by atoms with Gasteiger partial charge in [-0.25, -0.2) is 4.79 Å². The van der Waals surface area contributed by atoms with Crippen LogP contribution in [0.5, 0.6) is 0 Å². The summed E-state index contributed by atoms with van der Waals surface area (Å²) in [4.78, 5) is 14.9. The third-order valence-corrected chi connectivity index (χ3v) is 2.27. The van der Waals surface area contributed by atoms with Crippen molar-refractivity contribution in [2.75, 3.05) is 0 Å². The first-order valence-electron chi connectivity index (χ1n) is 4.77. The van der Waals surface area contributed by atoms with Crippen molar-refractivity contribution in [3.63, 3.8) is 0 Å². The van der Waals surface area contributed by atoms with Crippen molar-refractivity contribution in [2.24, 2.45) is 7.05 Å². The van der Waals surface area contributed by atoms with E-state index in [2.05, 4.69) is 10.1 Å². The first kappa shape index (κ1) is 10.4. The van der Waals surface area contributed by atoms with E-state index in [4.69, 9.17) is 5.11 Å². The smallest absolute Gasteiger partial charge is 0.354 e. The Morgan fingerprint density at radius 1 is 1.38 bits per heavy atom. The van der Waals surface area contributed by atoms with Crippen molar-refractivity contribution in [3.8, 4) is 11.3 Å². The van der Waals surface area contributed by atoms with Gasteiger partial charge in [-0.1, -0.05) is 0 Å². The van der Waals surface area contributed by atoms with Crippen molar-refractivity contribution in [1.29, 1.82) is 0 Å². The fourth-order valence-corrected chi connectivity index (χ4v) is 1.50. The van der Waals surface area contributed by atoms with Crippen molar-refractivity contribution >= 4 is 5.97 Å². The number of carboxylic acids is 1. The highest BCUT2D eigenvalue weighted by molar-refractivity contribution is 5.87. The van der Waals surface area contributed by atoms with Crippen LogP contribution in [0.25, 0.3) is 11.3 Å². The summed E-state index contributed by atoms with van der Waals surface area (Å²) in [6, 6.07) is 3.46. The molecule has 0 aliphatic heterocycles. The van der Waals surface area contributed by atoms with Crippen molar-refractivity contribution in [1.82, 2.24) is 14.8 Å². The lowest BCUT2D eigenvalue weighted by Gasteiger charge is -1.96. The number of carbonyl (C=O) groups is 1. The van der Waals surface area contributed by atoms with E-state index in [1.54, 1.807) is 25.5 Å². The summed E-state index contributed by atoms with van der Waals surface area (Å²) >= 11 is 0. The highest BCUT2D eigenvalue weighted by Crippen LogP contribution is 2.18. The van der Waals surface area contributed by atoms with Gasteiger partial charge in [-0.2, -0.15) is 5.10 Å². The summed E-state index contributed by atoms with van der Waals surface area (Å²) in [6.07, 6.45) is 3.41. The van der Waals surface area contributed by atoms with Crippen molar-refractivity contribution in [2.45, 2.75) is 6.92 Å². The Kier molecular flexibility index (Phi) is 2.44. The normalized spacial score (nSPS) is 10.4. The van der Waals surface area contributed by atoms with Gasteiger partial charge in [0.25, 0.3) is 0 Å². The van der Waals surface area contributed by atoms with Crippen LogP contribution in [0.4, 0.5) is 0 Å². The largest absolute Gasteiger partial charge is 0.477 e. The van der Waals surface area contributed by atoms with Crippen molar-refractivity contribution < 1.29 is 9.90 Å². The second-order valence-electron chi connectivity index (χ2n) is 3.59. The Morgan fingerprint density at radius 3 is 2.69 bits per heavy atom. The molecule has 0 saturated heterocycles. The molecule has 0 atom stereocenters. The molecule has 0 bridgehead atoms. The van der Waals surface area contributed by atoms with Gasteiger partial charge in [0, 0.05) is 25.0 Å². The summed E-state index contributed by atoms with van der Waals surface area (Å²) in [7, 11) is 1.61. The van der Waals surface area contributed by atoms with Gasteiger partial charge < -0.3 is 5.11 Å². The Morgan fingerprint density at radius 2 is 2.12 bits per heavy atom. The van der Waals surface area contributed by atoms with Crippen LogP contribution in [0.3, 0.4) is 0 Å². The average Bonchev–Trinajstić information content (AvgIpc) is 2.60. The molecule has 0 aliphatic carbocycles. The lowest BCUT2D eigenvalue weighted by Crippen LogP contribution is -2.04. The van der Waals surface area contributed by atoms with E-state index >= 15 is 0 Å². The first-order valence-corrected chi connectivity index (χ1v) is 4.77. The molecule has 0 spiro atoms. The molecule has 1 N–H and O–H groups in total. The van der Waals surface area contributed by atoms with E-state index in [9.17, 15) is 4.79 Å². The minimum atomic E-state index is -0.984. The van der Waals surface area contributed by atoms with Crippen LogP contribution >= 0.6 is 0 Å². The molecule has 2 aromatic rings. The average molecular weight is 217 g/mol. The van der Waals surface area contributed by atoms with Gasteiger partial charge in [0.05, 0.1) is 5.69 Å². The van der Waals surface area contributed by atoms with Crippen LogP contribution in [0.15, 0.2) is 24.5 Å². The second kappa shape index (κ2) is 3.77. The molecule has 0 saturated carbocycles. The maximum Gasteiger partial charge on any atom is 0.354 e. The van der Waals surface area contributed by atoms with Crippen LogP contribution in [-0.2, 0) is 7.05 Å². The fourth-order valence-electron chi connectivity index (χ4n) is 1.50. The minimum Gasteiger partial charge on any atom is -0.477 e. The molecule has 2 rings (SSSR count). The number of aryl methyl sites for hydroxylation is 2. The molecule has 82 valence electrons. The molecule has 2 heterocycles. The number of rotatable bonds is 2. The predicted octanol–water partition coefficient (Wildman–Crippen LogP) is 1.49. The molecule has 5 nitrogen and oxygen atoms in total. The maximum atomic E-state index is 10.9. The number of aromatic carboxylic acids is 1. The number of pyridine rings is 1. The Balaban J connectivity index is 2.49. The molecule has 0 unspecified atom stereocenters. The summed E-state index contributed by atoms with van der Waals surface area (Å²) in [5, 5.41) is 13.0. The van der Waals surface area contributed by atoms with E-state index in [-0.39, 0.29) is 5.69 Å². The predicted molar refractivity (Wildman–Crippen MR) is 58.1 cm³/mol. The number of hydrogen-bond acceptors (Lipinski definition) is 3. The molecule has 0 radical (unpaired) electrons. The van der Waals surface area contributed by atoms with E-state index in [1.165, 1.54) is 4.68 Å². The van der Waals surface area contributed by atoms with Crippen LogP contribution < -0.4 is 0 Å². The molecular weight excluding hydrogens is 206 g/mol. The molecular formula is C11H11N3O2. The zero-order chi connectivity index (χ0) is 11.7. The molecule has 0 amide bonds. The lowest BCUT2D eigenvalue weighted by molar-refractivity contribution is 0.0685. The van der Waals surface area contributed by atoms with Gasteiger partial charge in [0.1, 0.15) is 5.69 Å². The molecule has 5 heteroatoms. The van der Waals surface area contributed by atoms with Gasteiger partial charge in [0.2, 0.25) is 0 Å². The number of carboxylic acid groups (broad SMARTS) is 1. The zero-order valence-electron chi connectivity index (χ0n) is 9.01. The topological polar surface area (TPSA) is 68.0 Å². The van der Waals surface area contributed by atoms with Crippen LogP contribution in [0.2, 0.25) is 0 Å². The van der Waals surface area contributed by atoms with Crippen LogP contribution in [0.1, 0.15) is 16.1 Å². The maximum absolute atomic E-state index is 10.9. The lowest BCUT2D eigenvalue weighted by atomic mass is 10.1. The van der Waals surface area contributed by atoms with Crippen LogP contribution in [0, 0.1) is 6.92 Å². The first-order chi connectivity index (χ1) is 7.58. The van der Waals surface area contributed by atoms with E-state index < -0.39 is 5.97 Å². The second-order valence-corrected chi connectivity index (χ2v) is 3.59. The quantitative estimate of drug-likeness (QED) is 0.827. The summed E-state index contributed by atoms with van der Waals surface area (Å²) in [5.41, 5.74) is 2.62. The standard InChI is InChI=1S/C11H11N3O2/c1-7-3-8(6-12-5-7)9-4-10(11(15)16)14(2)13-9/h3-6H,1-2H3,(H,15,16). The third kappa shape index (κ3) is 1.79. The van der Waals surface area contributed by atoms with Gasteiger partial charge in [-0.15, -0.1) is 0 Å². The fraction of sp³-hybridized carbons (Fsp3) is 0.182. The summed E-state index contributed by atoms with van der Waals surface area (Å²) < 4.78 is 1.35. The van der Waals surface area contributed by atoms with E-state index in [0.717, 1.165) is 11.1 Å². The highest BCUT2D eigenvalue weighted by Gasteiger charge is 2.12. The summed E-state index contributed by atoms with van der Waals surface area (Å²) in [6.45, 7) is 1.93. The molecule has 0 aromatic carbocycles. The third-order valence-electron chi connectivity index (χ3n) is 2.27. The number of aromatic nitrogens is 3. The SMILES string of the molecule is Cc1cncc(-c2cc(C(=O)O)n(C)n2)c1. The zero-order valence-corrected chi connectivity index (χ0v) is 9.01. The molecule has 0 fully saturated rings. The Hall–Kier alpha value is -2.17. The van der Waals surface area contributed by atoms with E-state index in [1.807, 2.05) is 13.0 Å². The van der Waals surface area contributed by atoms with E-state index in [0.29, 0.717) is 5.69 Å². The van der Waals surface area contributed by atoms with Crippen molar-refractivity contribution in [3.05, 3.63) is 35.8 Å². The Bertz CT molecular complexity index is 546. The Labute approximate surface area is 92.4 Å². The van der Waals surface area contributed by atoms with Gasteiger partial charge >= 0.3 is 5.97 Å². The van der Waals surface area contributed by atoms with Gasteiger partial charge in [-0.05, 0) is 24.6 Å². The molecule has 16 heavy (non-hydrogen) atoms. The molecule has 2 aromatic heterocycles. The van der Waals surface area contributed by atoms with Crippen LogP contribution in [-0.4, -0.2) is 25.8 Å². The number of nitrogens with zero attached hydrogens (tertiary/aromatic N) is 3. The molecule has 0 aliphatic rings. The highest BCUT2D eigenvalue weighted by atomic mass is 16.4. The number of hydrogen-bond donors (Lipinski definition) is 1. The van der Waals surface area contributed by atoms with Gasteiger partial charge in [-0.3, -0.25) is 9.67 Å².